The molecule has 1 aromatic rings. The number of unbranched alkanes of at least 4 members (excludes halogenated alkanes) is 3. The molecule has 1 atom stereocenters. The van der Waals surface area contributed by atoms with Crippen molar-refractivity contribution in [1.29, 1.82) is 0 Å². The molecule has 0 saturated heterocycles. The number of allylic oxidation sites excluding steroid dienone is 1. The second-order valence-corrected chi connectivity index (χ2v) is 9.22. The summed E-state index contributed by atoms with van der Waals surface area (Å²) in [5.41, 5.74) is 6.96. The summed E-state index contributed by atoms with van der Waals surface area (Å²) in [7, 11) is 0. The van der Waals surface area contributed by atoms with Crippen molar-refractivity contribution in [2.45, 2.75) is 113 Å². The summed E-state index contributed by atoms with van der Waals surface area (Å²) in [5, 5.41) is 10.2. The molecule has 1 aromatic carbocycles. The molecule has 2 rings (SSSR count). The summed E-state index contributed by atoms with van der Waals surface area (Å²) in [6.07, 6.45) is 10.1. The number of halogens is 3. The fraction of sp³-hybridized carbons (Fsp3) is 0.625. The normalized spacial score (nSPS) is 15.2. The molecule has 0 aromatic heterocycles. The number of aromatic hydroxyl groups is 1. The van der Waals surface area contributed by atoms with E-state index >= 15 is 0 Å². The minimum atomic E-state index is -4.51. The van der Waals surface area contributed by atoms with Gasteiger partial charge in [-0.25, -0.2) is 4.58 Å². The van der Waals surface area contributed by atoms with Gasteiger partial charge < -0.3 is 10.8 Å². The maximum absolute atomic E-state index is 12.8. The monoisotopic (exact) mass is 554 g/mol. The van der Waals surface area contributed by atoms with Gasteiger partial charge in [-0.3, -0.25) is 4.99 Å². The number of hydrogen-bond donors (Lipinski definition) is 2. The van der Waals surface area contributed by atoms with Gasteiger partial charge >= 0.3 is 6.18 Å². The molecule has 4 nitrogen and oxygen atoms in total. The molecule has 224 valence electrons. The zero-order chi connectivity index (χ0) is 30.4. The Morgan fingerprint density at radius 1 is 1.13 bits per heavy atom. The molecule has 0 fully saturated rings. The number of phenolic OH excluding ortho intramolecular Hbond substituents is 1. The van der Waals surface area contributed by atoms with Crippen LogP contribution in [-0.4, -0.2) is 34.2 Å². The van der Waals surface area contributed by atoms with Gasteiger partial charge in [-0.1, -0.05) is 93.1 Å². The van der Waals surface area contributed by atoms with Crippen LogP contribution in [0.4, 0.5) is 13.2 Å². The molecule has 0 radical (unpaired) electrons. The molecule has 0 bridgehead atoms. The summed E-state index contributed by atoms with van der Waals surface area (Å²) in [4.78, 5) is 4.30. The van der Waals surface area contributed by atoms with E-state index in [1.807, 2.05) is 44.4 Å². The number of benzene rings is 1. The van der Waals surface area contributed by atoms with E-state index < -0.39 is 17.5 Å². The van der Waals surface area contributed by atoms with E-state index in [0.717, 1.165) is 24.5 Å². The van der Waals surface area contributed by atoms with Crippen LogP contribution in [0.1, 0.15) is 118 Å². The van der Waals surface area contributed by atoms with Gasteiger partial charge in [0.2, 0.25) is 5.71 Å². The van der Waals surface area contributed by atoms with Crippen molar-refractivity contribution in [2.75, 3.05) is 13.1 Å². The Bertz CT molecular complexity index is 912. The first-order chi connectivity index (χ1) is 18.5. The molecular weight excluding hydrogens is 499 g/mol. The minimum absolute atomic E-state index is 0.313. The molecule has 0 amide bonds. The van der Waals surface area contributed by atoms with Crippen LogP contribution >= 0.6 is 0 Å². The van der Waals surface area contributed by atoms with E-state index in [9.17, 15) is 18.3 Å². The molecule has 1 unspecified atom stereocenters. The predicted molar refractivity (Wildman–Crippen MR) is 163 cm³/mol. The van der Waals surface area contributed by atoms with Gasteiger partial charge in [0.05, 0.1) is 11.1 Å². The number of phenols is 1. The highest BCUT2D eigenvalue weighted by Crippen LogP contribution is 2.33. The maximum atomic E-state index is 12.8. The summed E-state index contributed by atoms with van der Waals surface area (Å²) in [5.74, 6) is 0.527. The summed E-state index contributed by atoms with van der Waals surface area (Å²) >= 11 is 0. The lowest BCUT2D eigenvalue weighted by molar-refractivity contribution is -0.515. The third kappa shape index (κ3) is 16.2. The fourth-order valence-electron chi connectivity index (χ4n) is 3.71. The van der Waals surface area contributed by atoms with E-state index in [1.165, 1.54) is 44.6 Å². The van der Waals surface area contributed by atoms with Crippen LogP contribution < -0.4 is 5.73 Å². The van der Waals surface area contributed by atoms with Crippen LogP contribution in [0.2, 0.25) is 0 Å². The molecular formula is C32H55F3N3O+. The van der Waals surface area contributed by atoms with Crippen LogP contribution in [0.3, 0.4) is 0 Å². The Morgan fingerprint density at radius 3 is 2.28 bits per heavy atom. The first kappa shape index (κ1) is 38.6. The highest BCUT2D eigenvalue weighted by atomic mass is 19.4. The van der Waals surface area contributed by atoms with Gasteiger partial charge in [0.25, 0.3) is 0 Å². The SMILES string of the molecule is CC.CC.CC1=N/C=C\CC[N+](C/C=C(\C)N)=C1c1ccc(C(F)(F)F)cc1O.CCCCCCC(C)CC. The average molecular weight is 555 g/mol. The number of nitrogens with zero attached hydrogens (tertiary/aromatic N) is 2. The first-order valence-corrected chi connectivity index (χ1v) is 14.7. The molecule has 3 N–H and O–H groups in total. The Kier molecular flexibility index (Phi) is 22.0. The Hall–Kier alpha value is -2.57. The highest BCUT2D eigenvalue weighted by molar-refractivity contribution is 6.46. The quantitative estimate of drug-likeness (QED) is 0.236. The van der Waals surface area contributed by atoms with Gasteiger partial charge in [-0.05, 0) is 44.0 Å². The highest BCUT2D eigenvalue weighted by Gasteiger charge is 2.32. The van der Waals surface area contributed by atoms with Crippen molar-refractivity contribution in [3.05, 3.63) is 53.4 Å². The van der Waals surface area contributed by atoms with Crippen molar-refractivity contribution in [1.82, 2.24) is 0 Å². The largest absolute Gasteiger partial charge is 0.507 e. The number of alkyl halides is 3. The van der Waals surface area contributed by atoms with E-state index in [1.54, 1.807) is 20.0 Å². The standard InChI is InChI=1S/C18H20F3N3O.C10H22.2C2H6/c1-12(22)7-10-24-9-4-3-8-23-13(2)17(24)15-6-5-14(11-16(15)25)18(19,20)21;1-4-6-7-8-9-10(3)5-2;2*1-2/h3,5-8,11H,4,9-10,22H2,1-2H3;10H,4-9H2,1-3H3;2*1-2H3/p+1/b8-3-,12-7+,23-13?;;;. The van der Waals surface area contributed by atoms with Crippen LogP contribution in [-0.2, 0) is 6.18 Å². The van der Waals surface area contributed by atoms with E-state index in [0.29, 0.717) is 35.8 Å². The predicted octanol–water partition coefficient (Wildman–Crippen LogP) is 9.51. The second kappa shape index (κ2) is 22.3. The van der Waals surface area contributed by atoms with Crippen LogP contribution in [0, 0.1) is 5.92 Å². The average Bonchev–Trinajstić information content (AvgIpc) is 2.90. The lowest BCUT2D eigenvalue weighted by atomic mass is 10.0. The Morgan fingerprint density at radius 2 is 1.77 bits per heavy atom. The smallest absolute Gasteiger partial charge is 0.416 e. The summed E-state index contributed by atoms with van der Waals surface area (Å²) < 4.78 is 40.5. The van der Waals surface area contributed by atoms with E-state index in [2.05, 4.69) is 25.8 Å². The zero-order valence-electron chi connectivity index (χ0n) is 26.0. The van der Waals surface area contributed by atoms with Crippen molar-refractivity contribution in [3.63, 3.8) is 0 Å². The van der Waals surface area contributed by atoms with Gasteiger partial charge in [0, 0.05) is 18.3 Å². The van der Waals surface area contributed by atoms with Gasteiger partial charge in [-0.15, -0.1) is 0 Å². The maximum Gasteiger partial charge on any atom is 0.416 e. The lowest BCUT2D eigenvalue weighted by Gasteiger charge is -2.13. The third-order valence-electron chi connectivity index (χ3n) is 6.06. The summed E-state index contributed by atoms with van der Waals surface area (Å²) in [6, 6.07) is 2.99. The fourth-order valence-corrected chi connectivity index (χ4v) is 3.71. The molecule has 39 heavy (non-hydrogen) atoms. The molecule has 1 aliphatic heterocycles. The van der Waals surface area contributed by atoms with Crippen molar-refractivity contribution >= 4 is 11.4 Å². The van der Waals surface area contributed by atoms with Gasteiger partial charge in [0.1, 0.15) is 18.0 Å². The zero-order valence-corrected chi connectivity index (χ0v) is 26.0. The van der Waals surface area contributed by atoms with Crippen molar-refractivity contribution < 1.29 is 22.9 Å². The Balaban J connectivity index is 0. The van der Waals surface area contributed by atoms with Crippen LogP contribution in [0.25, 0.3) is 0 Å². The lowest BCUT2D eigenvalue weighted by Crippen LogP contribution is -2.30. The topological polar surface area (TPSA) is 61.6 Å². The third-order valence-corrected chi connectivity index (χ3v) is 6.06. The molecule has 0 aliphatic carbocycles. The van der Waals surface area contributed by atoms with E-state index in [-0.39, 0.29) is 0 Å². The molecule has 1 aliphatic rings. The molecule has 0 spiro atoms. The molecule has 1 heterocycles. The van der Waals surface area contributed by atoms with Crippen LogP contribution in [0.15, 0.2) is 47.2 Å². The number of nitrogens with two attached hydrogens (primary N) is 1. The molecule has 7 heteroatoms. The minimum Gasteiger partial charge on any atom is -0.507 e. The van der Waals surface area contributed by atoms with Gasteiger partial charge in [0.15, 0.2) is 6.54 Å². The first-order valence-electron chi connectivity index (χ1n) is 14.7. The second-order valence-electron chi connectivity index (χ2n) is 9.22. The number of aliphatic imine (C=N–C) groups is 1. The number of hydrogen-bond acceptors (Lipinski definition) is 3. The Labute approximate surface area is 236 Å². The summed E-state index contributed by atoms with van der Waals surface area (Å²) in [6.45, 7) is 19.5. The van der Waals surface area contributed by atoms with Crippen molar-refractivity contribution in [3.8, 4) is 5.75 Å². The van der Waals surface area contributed by atoms with E-state index in [4.69, 9.17) is 5.73 Å². The van der Waals surface area contributed by atoms with Gasteiger partial charge in [-0.2, -0.15) is 13.2 Å². The van der Waals surface area contributed by atoms with Crippen LogP contribution in [0.5, 0.6) is 5.75 Å². The van der Waals surface area contributed by atoms with Crippen molar-refractivity contribution in [2.24, 2.45) is 16.6 Å². The number of rotatable bonds is 9. The molecule has 0 saturated carbocycles.